The van der Waals surface area contributed by atoms with E-state index in [2.05, 4.69) is 10.3 Å². The van der Waals surface area contributed by atoms with Crippen molar-refractivity contribution in [3.63, 3.8) is 0 Å². The van der Waals surface area contributed by atoms with Gasteiger partial charge in [0, 0.05) is 32.1 Å². The zero-order chi connectivity index (χ0) is 23.9. The molecule has 1 aliphatic heterocycles. The zero-order valence-electron chi connectivity index (χ0n) is 19.9. The Morgan fingerprint density at radius 1 is 1.03 bits per heavy atom. The summed E-state index contributed by atoms with van der Waals surface area (Å²) >= 11 is 5.37. The van der Waals surface area contributed by atoms with Crippen molar-refractivity contribution in [1.29, 1.82) is 0 Å². The molecule has 2 fully saturated rings. The van der Waals surface area contributed by atoms with Crippen molar-refractivity contribution < 1.29 is 9.59 Å². The smallest absolute Gasteiger partial charge is 0.262 e. The molecule has 1 aromatic heterocycles. The van der Waals surface area contributed by atoms with Gasteiger partial charge in [0.1, 0.15) is 0 Å². The standard InChI is InChI=1S/C26H36N4O3S/c31-23(29-16-9-10-19(18-29)24(32)27-20-11-3-1-4-12-20)15-5-2-8-17-30-25(33)21-13-6-7-14-22(21)28-26(30)34/h6-7,13-14,19-20H,1-5,8-12,15-18H2,(H,27,32)(H,28,34). The van der Waals surface area contributed by atoms with Crippen molar-refractivity contribution in [2.45, 2.75) is 83.2 Å². The minimum atomic E-state index is -0.0823. The van der Waals surface area contributed by atoms with E-state index >= 15 is 0 Å². The zero-order valence-corrected chi connectivity index (χ0v) is 20.7. The van der Waals surface area contributed by atoms with Gasteiger partial charge in [-0.25, -0.2) is 0 Å². The predicted molar refractivity (Wildman–Crippen MR) is 136 cm³/mol. The maximum absolute atomic E-state index is 12.8. The third kappa shape index (κ3) is 6.14. The number of nitrogens with one attached hydrogen (secondary N) is 2. The number of nitrogens with zero attached hydrogens (tertiary/aromatic N) is 2. The highest BCUT2D eigenvalue weighted by Gasteiger charge is 2.29. The summed E-state index contributed by atoms with van der Waals surface area (Å²) in [6.45, 7) is 1.83. The van der Waals surface area contributed by atoms with Gasteiger partial charge in [-0.05, 0) is 62.9 Å². The van der Waals surface area contributed by atoms with Gasteiger partial charge in [-0.15, -0.1) is 0 Å². The largest absolute Gasteiger partial charge is 0.353 e. The predicted octanol–water partition coefficient (Wildman–Crippen LogP) is 4.31. The van der Waals surface area contributed by atoms with Gasteiger partial charge in [0.25, 0.3) is 5.56 Å². The normalized spacial score (nSPS) is 19.3. The molecule has 2 amide bonds. The lowest BCUT2D eigenvalue weighted by Crippen LogP contribution is -2.47. The molecule has 184 valence electrons. The van der Waals surface area contributed by atoms with E-state index in [0.29, 0.717) is 35.7 Å². The molecule has 1 unspecified atom stereocenters. The van der Waals surface area contributed by atoms with Crippen molar-refractivity contribution >= 4 is 34.9 Å². The van der Waals surface area contributed by atoms with Crippen LogP contribution < -0.4 is 10.9 Å². The lowest BCUT2D eigenvalue weighted by molar-refractivity contribution is -0.136. The minimum Gasteiger partial charge on any atom is -0.353 e. The second-order valence-electron chi connectivity index (χ2n) is 9.77. The van der Waals surface area contributed by atoms with E-state index in [9.17, 15) is 14.4 Å². The van der Waals surface area contributed by atoms with E-state index in [-0.39, 0.29) is 23.3 Å². The Morgan fingerprint density at radius 2 is 1.82 bits per heavy atom. The van der Waals surface area contributed by atoms with Crippen LogP contribution in [0.3, 0.4) is 0 Å². The topological polar surface area (TPSA) is 87.2 Å². The molecule has 1 saturated carbocycles. The summed E-state index contributed by atoms with van der Waals surface area (Å²) in [6, 6.07) is 7.70. The fourth-order valence-electron chi connectivity index (χ4n) is 5.27. The quantitative estimate of drug-likeness (QED) is 0.432. The van der Waals surface area contributed by atoms with E-state index in [1.165, 1.54) is 19.3 Å². The van der Waals surface area contributed by atoms with Crippen LogP contribution in [-0.2, 0) is 16.1 Å². The number of amides is 2. The summed E-state index contributed by atoms with van der Waals surface area (Å²) in [5.41, 5.74) is 0.688. The van der Waals surface area contributed by atoms with Crippen LogP contribution >= 0.6 is 12.2 Å². The molecular weight excluding hydrogens is 448 g/mol. The van der Waals surface area contributed by atoms with Crippen LogP contribution in [0.2, 0.25) is 0 Å². The molecule has 4 rings (SSSR count). The molecule has 8 heteroatoms. The summed E-state index contributed by atoms with van der Waals surface area (Å²) in [6.07, 6.45) is 10.5. The average Bonchev–Trinajstić information content (AvgIpc) is 2.86. The second-order valence-corrected chi connectivity index (χ2v) is 10.2. The number of hydrogen-bond donors (Lipinski definition) is 2. The summed E-state index contributed by atoms with van der Waals surface area (Å²) in [7, 11) is 0. The average molecular weight is 485 g/mol. The fourth-order valence-corrected chi connectivity index (χ4v) is 5.55. The first kappa shape index (κ1) is 24.6. The molecular formula is C26H36N4O3S. The first-order valence-electron chi connectivity index (χ1n) is 12.8. The number of para-hydroxylation sites is 1. The Bertz CT molecular complexity index is 1120. The van der Waals surface area contributed by atoms with Crippen molar-refractivity contribution in [1.82, 2.24) is 19.8 Å². The highest BCUT2D eigenvalue weighted by Crippen LogP contribution is 2.21. The second kappa shape index (κ2) is 11.8. The Labute approximate surface area is 205 Å². The first-order valence-corrected chi connectivity index (χ1v) is 13.2. The number of hydrogen-bond acceptors (Lipinski definition) is 4. The van der Waals surface area contributed by atoms with Gasteiger partial charge in [-0.2, -0.15) is 0 Å². The number of fused-ring (bicyclic) bond motifs is 1. The van der Waals surface area contributed by atoms with E-state index < -0.39 is 0 Å². The van der Waals surface area contributed by atoms with Crippen LogP contribution in [0.4, 0.5) is 0 Å². The van der Waals surface area contributed by atoms with Crippen LogP contribution in [0.15, 0.2) is 29.1 Å². The van der Waals surface area contributed by atoms with E-state index in [4.69, 9.17) is 12.2 Å². The highest BCUT2D eigenvalue weighted by molar-refractivity contribution is 7.71. The molecule has 1 atom stereocenters. The molecule has 2 N–H and O–H groups in total. The van der Waals surface area contributed by atoms with Gasteiger partial charge >= 0.3 is 0 Å². The van der Waals surface area contributed by atoms with E-state index in [1.807, 2.05) is 23.1 Å². The monoisotopic (exact) mass is 484 g/mol. The number of likely N-dealkylation sites (tertiary alicyclic amines) is 1. The number of piperidine rings is 1. The SMILES string of the molecule is O=C(NC1CCCCC1)C1CCCN(C(=O)CCCCCn2c(=S)[nH]c3ccccc3c2=O)C1. The molecule has 1 saturated heterocycles. The van der Waals surface area contributed by atoms with Gasteiger partial charge in [0.2, 0.25) is 11.8 Å². The van der Waals surface area contributed by atoms with Gasteiger partial charge in [0.15, 0.2) is 4.77 Å². The Morgan fingerprint density at radius 3 is 2.65 bits per heavy atom. The molecule has 0 radical (unpaired) electrons. The van der Waals surface area contributed by atoms with E-state index in [0.717, 1.165) is 57.0 Å². The summed E-state index contributed by atoms with van der Waals surface area (Å²) in [4.78, 5) is 43.2. The van der Waals surface area contributed by atoms with Crippen LogP contribution in [0, 0.1) is 10.7 Å². The fraction of sp³-hybridized carbons (Fsp3) is 0.615. The lowest BCUT2D eigenvalue weighted by atomic mass is 9.93. The Kier molecular flexibility index (Phi) is 8.53. The van der Waals surface area contributed by atoms with E-state index in [1.54, 1.807) is 10.6 Å². The molecule has 2 heterocycles. The maximum atomic E-state index is 12.8. The summed E-state index contributed by atoms with van der Waals surface area (Å²) in [5, 5.41) is 3.87. The Hall–Kier alpha value is -2.48. The number of benzene rings is 1. The molecule has 7 nitrogen and oxygen atoms in total. The third-order valence-corrected chi connectivity index (χ3v) is 7.58. The van der Waals surface area contributed by atoms with Gasteiger partial charge < -0.3 is 15.2 Å². The molecule has 1 aromatic carbocycles. The number of rotatable bonds is 8. The first-order chi connectivity index (χ1) is 16.5. The molecule has 0 spiro atoms. The molecule has 2 aliphatic rings. The van der Waals surface area contributed by atoms with Crippen molar-refractivity contribution in [2.75, 3.05) is 13.1 Å². The number of aromatic nitrogens is 2. The van der Waals surface area contributed by atoms with Crippen molar-refractivity contribution in [3.8, 4) is 0 Å². The van der Waals surface area contributed by atoms with Crippen molar-refractivity contribution in [3.05, 3.63) is 39.4 Å². The van der Waals surface area contributed by atoms with Crippen LogP contribution in [0.25, 0.3) is 10.9 Å². The lowest BCUT2D eigenvalue weighted by Gasteiger charge is -2.33. The van der Waals surface area contributed by atoms with Crippen LogP contribution in [0.1, 0.15) is 70.6 Å². The third-order valence-electron chi connectivity index (χ3n) is 7.26. The number of carbonyl (C=O) groups excluding carboxylic acids is 2. The van der Waals surface area contributed by atoms with Crippen LogP contribution in [0.5, 0.6) is 0 Å². The molecule has 0 bridgehead atoms. The highest BCUT2D eigenvalue weighted by atomic mass is 32.1. The maximum Gasteiger partial charge on any atom is 0.262 e. The van der Waals surface area contributed by atoms with Gasteiger partial charge in [-0.1, -0.05) is 37.8 Å². The molecule has 34 heavy (non-hydrogen) atoms. The minimum absolute atomic E-state index is 0.0683. The number of aromatic amines is 1. The number of unbranched alkanes of at least 4 members (excludes halogenated alkanes) is 2. The summed E-state index contributed by atoms with van der Waals surface area (Å²) in [5.74, 6) is 0.179. The van der Waals surface area contributed by atoms with Gasteiger partial charge in [-0.3, -0.25) is 19.0 Å². The molecule has 1 aliphatic carbocycles. The van der Waals surface area contributed by atoms with Gasteiger partial charge in [0.05, 0.1) is 16.8 Å². The summed E-state index contributed by atoms with van der Waals surface area (Å²) < 4.78 is 2.05. The number of H-pyrrole nitrogens is 1. The number of carbonyl (C=O) groups is 2. The Balaban J connectivity index is 1.20. The van der Waals surface area contributed by atoms with Crippen molar-refractivity contribution in [2.24, 2.45) is 5.92 Å². The van der Waals surface area contributed by atoms with Crippen LogP contribution in [-0.4, -0.2) is 45.4 Å². The molecule has 2 aromatic rings.